The molecule has 7 heteroatoms. The van der Waals surface area contributed by atoms with Gasteiger partial charge in [0, 0.05) is 5.56 Å². The molecule has 0 saturated heterocycles. The van der Waals surface area contributed by atoms with E-state index in [2.05, 4.69) is 0 Å². The third-order valence-corrected chi connectivity index (χ3v) is 2.85. The van der Waals surface area contributed by atoms with Crippen LogP contribution >= 0.6 is 0 Å². The zero-order valence-electron chi connectivity index (χ0n) is 8.56. The summed E-state index contributed by atoms with van der Waals surface area (Å²) in [6, 6.07) is 5.84. The van der Waals surface area contributed by atoms with Crippen LogP contribution in [0.25, 0.3) is 0 Å². The molecule has 3 atom stereocenters. The number of hydrogen-bond donors (Lipinski definition) is 5. The molecule has 0 spiro atoms. The summed E-state index contributed by atoms with van der Waals surface area (Å²) in [5.74, 6) is -1.86. The molecule has 0 aromatic heterocycles. The molecule has 0 amide bonds. The smallest absolute Gasteiger partial charge is 0.356 e. The Morgan fingerprint density at radius 3 is 2.29 bits per heavy atom. The number of aliphatic carboxylic acids is 1. The van der Waals surface area contributed by atoms with Crippen LogP contribution in [0, 0.1) is 0 Å². The van der Waals surface area contributed by atoms with E-state index in [1.165, 1.54) is 18.2 Å². The number of hydroxylamine groups is 2. The first-order chi connectivity index (χ1) is 7.90. The lowest BCUT2D eigenvalue weighted by atomic mass is 9.89. The van der Waals surface area contributed by atoms with Crippen LogP contribution in [-0.4, -0.2) is 42.4 Å². The number of benzene rings is 1. The molecule has 92 valence electrons. The molecule has 1 heterocycles. The standard InChI is InChI=1S/C10H11NO6/c12-7-5-3-1-2-4-6(5)8(13)11(17)10(7,16)9(14)15/h1-4,7-8,12-13,16-17H,(H,14,15). The highest BCUT2D eigenvalue weighted by Gasteiger charge is 2.56. The number of nitrogens with zero attached hydrogens (tertiary/aromatic N) is 1. The van der Waals surface area contributed by atoms with Crippen molar-refractivity contribution >= 4 is 5.97 Å². The topological polar surface area (TPSA) is 121 Å². The number of hydrogen-bond acceptors (Lipinski definition) is 6. The molecular weight excluding hydrogens is 230 g/mol. The molecular formula is C10H11NO6. The van der Waals surface area contributed by atoms with Crippen LogP contribution in [0.15, 0.2) is 24.3 Å². The molecule has 3 unspecified atom stereocenters. The van der Waals surface area contributed by atoms with Gasteiger partial charge in [-0.3, -0.25) is 0 Å². The summed E-state index contributed by atoms with van der Waals surface area (Å²) in [6.07, 6.45) is -3.60. The summed E-state index contributed by atoms with van der Waals surface area (Å²) in [5.41, 5.74) is -2.79. The Kier molecular flexibility index (Phi) is 2.64. The van der Waals surface area contributed by atoms with E-state index < -0.39 is 24.0 Å². The van der Waals surface area contributed by atoms with Crippen molar-refractivity contribution < 1.29 is 30.4 Å². The van der Waals surface area contributed by atoms with Gasteiger partial charge in [0.2, 0.25) is 0 Å². The number of aliphatic hydroxyl groups excluding tert-OH is 2. The number of carboxylic acid groups (broad SMARTS) is 1. The van der Waals surface area contributed by atoms with E-state index in [1.54, 1.807) is 6.07 Å². The number of carbonyl (C=O) groups is 1. The first-order valence-corrected chi connectivity index (χ1v) is 4.79. The first kappa shape index (κ1) is 12.0. The van der Waals surface area contributed by atoms with Gasteiger partial charge >= 0.3 is 5.97 Å². The van der Waals surface area contributed by atoms with E-state index in [0.717, 1.165) is 0 Å². The average Bonchev–Trinajstić information content (AvgIpc) is 2.33. The highest BCUT2D eigenvalue weighted by atomic mass is 16.6. The molecule has 5 N–H and O–H groups in total. The number of aliphatic hydroxyl groups is 3. The molecule has 1 aliphatic rings. The summed E-state index contributed by atoms with van der Waals surface area (Å²) in [7, 11) is 0. The zero-order valence-corrected chi connectivity index (χ0v) is 8.56. The second kappa shape index (κ2) is 3.76. The van der Waals surface area contributed by atoms with Gasteiger partial charge in [-0.15, -0.1) is 5.06 Å². The summed E-state index contributed by atoms with van der Waals surface area (Å²) in [4.78, 5) is 10.9. The van der Waals surface area contributed by atoms with Gasteiger partial charge in [0.05, 0.1) is 0 Å². The molecule has 1 aliphatic heterocycles. The van der Waals surface area contributed by atoms with Crippen molar-refractivity contribution in [2.75, 3.05) is 0 Å². The normalized spacial score (nSPS) is 33.2. The van der Waals surface area contributed by atoms with Crippen LogP contribution in [0.5, 0.6) is 0 Å². The van der Waals surface area contributed by atoms with Crippen molar-refractivity contribution in [2.24, 2.45) is 0 Å². The Morgan fingerprint density at radius 1 is 1.24 bits per heavy atom. The van der Waals surface area contributed by atoms with Gasteiger partial charge in [0.25, 0.3) is 5.72 Å². The summed E-state index contributed by atoms with van der Waals surface area (Å²) in [6.45, 7) is 0. The monoisotopic (exact) mass is 241 g/mol. The maximum Gasteiger partial charge on any atom is 0.356 e. The second-order valence-corrected chi connectivity index (χ2v) is 3.78. The fourth-order valence-electron chi connectivity index (χ4n) is 1.87. The molecule has 17 heavy (non-hydrogen) atoms. The Labute approximate surface area is 95.7 Å². The zero-order chi connectivity index (χ0) is 12.8. The van der Waals surface area contributed by atoms with Crippen molar-refractivity contribution in [3.05, 3.63) is 35.4 Å². The van der Waals surface area contributed by atoms with E-state index in [0.29, 0.717) is 0 Å². The maximum absolute atomic E-state index is 10.9. The van der Waals surface area contributed by atoms with Crippen molar-refractivity contribution in [1.29, 1.82) is 0 Å². The van der Waals surface area contributed by atoms with E-state index in [-0.39, 0.29) is 16.2 Å². The van der Waals surface area contributed by atoms with Crippen LogP contribution in [0.1, 0.15) is 23.5 Å². The van der Waals surface area contributed by atoms with Crippen molar-refractivity contribution in [3.63, 3.8) is 0 Å². The predicted octanol–water partition coefficient (Wildman–Crippen LogP) is -0.811. The third-order valence-electron chi connectivity index (χ3n) is 2.85. The minimum atomic E-state index is -2.98. The van der Waals surface area contributed by atoms with Gasteiger partial charge in [0.1, 0.15) is 6.10 Å². The van der Waals surface area contributed by atoms with Crippen molar-refractivity contribution in [3.8, 4) is 0 Å². The highest BCUT2D eigenvalue weighted by molar-refractivity contribution is 5.78. The largest absolute Gasteiger partial charge is 0.478 e. The summed E-state index contributed by atoms with van der Waals surface area (Å²) in [5, 5.41) is 47.4. The van der Waals surface area contributed by atoms with Gasteiger partial charge in [-0.2, -0.15) is 0 Å². The quantitative estimate of drug-likeness (QED) is 0.436. The van der Waals surface area contributed by atoms with Gasteiger partial charge < -0.3 is 25.6 Å². The summed E-state index contributed by atoms with van der Waals surface area (Å²) >= 11 is 0. The third kappa shape index (κ3) is 1.45. The minimum Gasteiger partial charge on any atom is -0.478 e. The average molecular weight is 241 g/mol. The fraction of sp³-hybridized carbons (Fsp3) is 0.300. The van der Waals surface area contributed by atoms with E-state index >= 15 is 0 Å². The fourth-order valence-corrected chi connectivity index (χ4v) is 1.87. The predicted molar refractivity (Wildman–Crippen MR) is 52.6 cm³/mol. The lowest BCUT2D eigenvalue weighted by Gasteiger charge is -2.42. The molecule has 2 rings (SSSR count). The Balaban J connectivity index is 2.62. The first-order valence-electron chi connectivity index (χ1n) is 4.79. The van der Waals surface area contributed by atoms with Crippen molar-refractivity contribution in [2.45, 2.75) is 18.1 Å². The summed E-state index contributed by atoms with van der Waals surface area (Å²) < 4.78 is 0. The Hall–Kier alpha value is -1.51. The molecule has 0 saturated carbocycles. The second-order valence-electron chi connectivity index (χ2n) is 3.78. The van der Waals surface area contributed by atoms with Gasteiger partial charge in [-0.05, 0) is 5.56 Å². The van der Waals surface area contributed by atoms with Crippen LogP contribution in [0.2, 0.25) is 0 Å². The van der Waals surface area contributed by atoms with E-state index in [1.807, 2.05) is 0 Å². The Bertz CT molecular complexity index is 464. The molecule has 7 nitrogen and oxygen atoms in total. The van der Waals surface area contributed by atoms with E-state index in [4.69, 9.17) is 5.11 Å². The number of carboxylic acids is 1. The van der Waals surface area contributed by atoms with Gasteiger partial charge in [0.15, 0.2) is 6.23 Å². The van der Waals surface area contributed by atoms with E-state index in [9.17, 15) is 25.3 Å². The van der Waals surface area contributed by atoms with Gasteiger partial charge in [-0.25, -0.2) is 4.79 Å². The van der Waals surface area contributed by atoms with Crippen LogP contribution in [0.3, 0.4) is 0 Å². The molecule has 0 aliphatic carbocycles. The van der Waals surface area contributed by atoms with Crippen LogP contribution in [0.4, 0.5) is 0 Å². The molecule has 1 aromatic carbocycles. The van der Waals surface area contributed by atoms with Crippen LogP contribution < -0.4 is 0 Å². The lowest BCUT2D eigenvalue weighted by molar-refractivity contribution is -0.348. The highest BCUT2D eigenvalue weighted by Crippen LogP contribution is 2.41. The maximum atomic E-state index is 10.9. The Morgan fingerprint density at radius 2 is 1.76 bits per heavy atom. The SMILES string of the molecule is O=C(O)C1(O)C(O)c2ccccc2C(O)N1O. The number of fused-ring (bicyclic) bond motifs is 1. The minimum absolute atomic E-state index is 0.0511. The van der Waals surface area contributed by atoms with Crippen molar-refractivity contribution in [1.82, 2.24) is 5.06 Å². The lowest BCUT2D eigenvalue weighted by Crippen LogP contribution is -2.61. The molecule has 1 aromatic rings. The molecule has 0 fully saturated rings. The van der Waals surface area contributed by atoms with Crippen LogP contribution in [-0.2, 0) is 4.79 Å². The molecule has 0 bridgehead atoms. The number of rotatable bonds is 1. The molecule has 0 radical (unpaired) electrons. The van der Waals surface area contributed by atoms with Gasteiger partial charge in [-0.1, -0.05) is 24.3 Å².